The average Bonchev–Trinajstić information content (AvgIpc) is 3.24. The van der Waals surface area contributed by atoms with Gasteiger partial charge in [-0.1, -0.05) is 55.0 Å². The predicted molar refractivity (Wildman–Crippen MR) is 140 cm³/mol. The van der Waals surface area contributed by atoms with Gasteiger partial charge in [0.15, 0.2) is 12.1 Å². The Hall–Kier alpha value is -4.33. The lowest BCUT2D eigenvalue weighted by Gasteiger charge is -2.24. The van der Waals surface area contributed by atoms with Crippen LogP contribution in [0.4, 0.5) is 10.5 Å². The highest BCUT2D eigenvalue weighted by Gasteiger charge is 2.46. The Morgan fingerprint density at radius 2 is 1.76 bits per heavy atom. The van der Waals surface area contributed by atoms with E-state index in [1.165, 1.54) is 4.90 Å². The summed E-state index contributed by atoms with van der Waals surface area (Å²) in [6, 6.07) is 20.8. The number of carbonyl (C=O) groups is 3. The summed E-state index contributed by atoms with van der Waals surface area (Å²) in [4.78, 5) is 40.2. The number of nitrogens with zero attached hydrogens (tertiary/aromatic N) is 1. The molecule has 1 aliphatic heterocycles. The fourth-order valence-corrected chi connectivity index (χ4v) is 4.18. The Morgan fingerprint density at radius 3 is 2.43 bits per heavy atom. The number of hydrogen-bond acceptors (Lipinski definition) is 5. The van der Waals surface area contributed by atoms with Crippen LogP contribution in [0.1, 0.15) is 46.5 Å². The van der Waals surface area contributed by atoms with Gasteiger partial charge in [0.05, 0.1) is 13.7 Å². The molecule has 8 heteroatoms. The minimum absolute atomic E-state index is 0.258. The molecule has 1 aliphatic rings. The molecule has 3 aromatic carbocycles. The molecule has 37 heavy (non-hydrogen) atoms. The number of aryl methyl sites for hydroxylation is 1. The highest BCUT2D eigenvalue weighted by atomic mass is 16.6. The van der Waals surface area contributed by atoms with Gasteiger partial charge in [-0.05, 0) is 54.8 Å². The van der Waals surface area contributed by atoms with Crippen LogP contribution in [0.5, 0.6) is 5.75 Å². The SMILES string of the molecule is CCCNC(=O)[C@H]1[C@@H](c2ccc(NC(=O)c3cccc(OC)c3)cc2)OC(=O)N1Cc1ccc(C)cc1. The lowest BCUT2D eigenvalue weighted by molar-refractivity contribution is -0.126. The summed E-state index contributed by atoms with van der Waals surface area (Å²) >= 11 is 0. The summed E-state index contributed by atoms with van der Waals surface area (Å²) in [5.74, 6) is 0.0499. The summed E-state index contributed by atoms with van der Waals surface area (Å²) in [6.07, 6.45) is -0.548. The van der Waals surface area contributed by atoms with E-state index in [1.807, 2.05) is 38.1 Å². The van der Waals surface area contributed by atoms with Crippen LogP contribution < -0.4 is 15.4 Å². The van der Waals surface area contributed by atoms with Crippen LogP contribution >= 0.6 is 0 Å². The predicted octanol–water partition coefficient (Wildman–Crippen LogP) is 4.84. The number of carbonyl (C=O) groups excluding carboxylic acids is 3. The molecule has 0 radical (unpaired) electrons. The molecule has 4 rings (SSSR count). The van der Waals surface area contributed by atoms with Crippen molar-refractivity contribution in [2.24, 2.45) is 0 Å². The lowest BCUT2D eigenvalue weighted by atomic mass is 10.00. The minimum Gasteiger partial charge on any atom is -0.497 e. The Kier molecular flexibility index (Phi) is 8.08. The van der Waals surface area contributed by atoms with Crippen LogP contribution in [0.3, 0.4) is 0 Å². The summed E-state index contributed by atoms with van der Waals surface area (Å²) in [5.41, 5.74) is 3.72. The highest BCUT2D eigenvalue weighted by molar-refractivity contribution is 6.04. The summed E-state index contributed by atoms with van der Waals surface area (Å²) in [6.45, 7) is 4.72. The number of methoxy groups -OCH3 is 1. The van der Waals surface area contributed by atoms with Gasteiger partial charge < -0.3 is 20.1 Å². The molecule has 1 saturated heterocycles. The first kappa shape index (κ1) is 25.8. The average molecular weight is 502 g/mol. The zero-order chi connectivity index (χ0) is 26.4. The second kappa shape index (κ2) is 11.6. The Morgan fingerprint density at radius 1 is 1.03 bits per heavy atom. The molecule has 192 valence electrons. The van der Waals surface area contributed by atoms with Gasteiger partial charge in [0.1, 0.15) is 5.75 Å². The molecule has 8 nitrogen and oxygen atoms in total. The van der Waals surface area contributed by atoms with Gasteiger partial charge in [-0.15, -0.1) is 0 Å². The van der Waals surface area contributed by atoms with E-state index < -0.39 is 18.2 Å². The Labute approximate surface area is 216 Å². The van der Waals surface area contributed by atoms with Gasteiger partial charge in [0, 0.05) is 17.8 Å². The molecular weight excluding hydrogens is 470 g/mol. The van der Waals surface area contributed by atoms with E-state index in [2.05, 4.69) is 10.6 Å². The van der Waals surface area contributed by atoms with Crippen molar-refractivity contribution < 1.29 is 23.9 Å². The largest absolute Gasteiger partial charge is 0.497 e. The topological polar surface area (TPSA) is 97.0 Å². The molecule has 0 spiro atoms. The zero-order valence-corrected chi connectivity index (χ0v) is 21.2. The van der Waals surface area contributed by atoms with Gasteiger partial charge in [-0.3, -0.25) is 14.5 Å². The van der Waals surface area contributed by atoms with Crippen LogP contribution in [-0.4, -0.2) is 42.5 Å². The number of amides is 3. The fourth-order valence-electron chi connectivity index (χ4n) is 4.18. The van der Waals surface area contributed by atoms with Crippen molar-refractivity contribution in [3.05, 3.63) is 95.1 Å². The molecule has 3 amide bonds. The van der Waals surface area contributed by atoms with Crippen LogP contribution in [0, 0.1) is 6.92 Å². The van der Waals surface area contributed by atoms with Crippen LogP contribution in [0.2, 0.25) is 0 Å². The first-order valence-electron chi connectivity index (χ1n) is 12.3. The first-order chi connectivity index (χ1) is 17.9. The summed E-state index contributed by atoms with van der Waals surface area (Å²) in [5, 5.41) is 5.76. The van der Waals surface area contributed by atoms with Crippen molar-refractivity contribution in [1.29, 1.82) is 0 Å². The molecule has 0 bridgehead atoms. The molecule has 3 aromatic rings. The van der Waals surface area contributed by atoms with E-state index in [9.17, 15) is 14.4 Å². The number of hydrogen-bond donors (Lipinski definition) is 2. The molecular formula is C29H31N3O5. The highest BCUT2D eigenvalue weighted by Crippen LogP contribution is 2.34. The van der Waals surface area contributed by atoms with E-state index in [-0.39, 0.29) is 18.4 Å². The smallest absolute Gasteiger partial charge is 0.411 e. The van der Waals surface area contributed by atoms with Crippen molar-refractivity contribution in [2.45, 2.75) is 39.0 Å². The van der Waals surface area contributed by atoms with E-state index >= 15 is 0 Å². The van der Waals surface area contributed by atoms with E-state index in [1.54, 1.807) is 55.6 Å². The number of nitrogens with one attached hydrogen (secondary N) is 2. The second-order valence-electron chi connectivity index (χ2n) is 8.96. The number of benzene rings is 3. The molecule has 0 aromatic heterocycles. The molecule has 1 fully saturated rings. The van der Waals surface area contributed by atoms with Crippen LogP contribution in [0.15, 0.2) is 72.8 Å². The summed E-state index contributed by atoms with van der Waals surface area (Å²) < 4.78 is 10.9. The third-order valence-electron chi connectivity index (χ3n) is 6.21. The maximum absolute atomic E-state index is 13.2. The standard InChI is InChI=1S/C29H31N3O5/c1-4-16-30-28(34)25-26(37-29(35)32(25)18-20-10-8-19(2)9-11-20)21-12-14-23(15-13-21)31-27(33)22-6-5-7-24(17-22)36-3/h5-15,17,25-26H,4,16,18H2,1-3H3,(H,30,34)(H,31,33)/t25-,26-/m1/s1. The molecule has 0 saturated carbocycles. The summed E-state index contributed by atoms with van der Waals surface area (Å²) in [7, 11) is 1.54. The van der Waals surface area contributed by atoms with Crippen LogP contribution in [-0.2, 0) is 16.1 Å². The Bertz CT molecular complexity index is 1260. The number of anilines is 1. The first-order valence-corrected chi connectivity index (χ1v) is 12.3. The van der Waals surface area contributed by atoms with Gasteiger partial charge in [-0.2, -0.15) is 0 Å². The maximum Gasteiger partial charge on any atom is 0.411 e. The Balaban J connectivity index is 1.53. The monoisotopic (exact) mass is 501 g/mol. The van der Waals surface area contributed by atoms with Crippen molar-refractivity contribution in [3.8, 4) is 5.75 Å². The number of cyclic esters (lactones) is 1. The van der Waals surface area contributed by atoms with Crippen molar-refractivity contribution in [1.82, 2.24) is 10.2 Å². The second-order valence-corrected chi connectivity index (χ2v) is 8.96. The molecule has 1 heterocycles. The molecule has 0 aliphatic carbocycles. The quantitative estimate of drug-likeness (QED) is 0.437. The van der Waals surface area contributed by atoms with E-state index in [0.29, 0.717) is 29.1 Å². The molecule has 2 atom stereocenters. The third-order valence-corrected chi connectivity index (χ3v) is 6.21. The normalized spacial score (nSPS) is 16.7. The van der Waals surface area contributed by atoms with E-state index in [4.69, 9.17) is 9.47 Å². The van der Waals surface area contributed by atoms with Gasteiger partial charge in [-0.25, -0.2) is 4.79 Å². The van der Waals surface area contributed by atoms with Crippen molar-refractivity contribution >= 4 is 23.6 Å². The number of rotatable bonds is 9. The van der Waals surface area contributed by atoms with Gasteiger partial charge in [0.2, 0.25) is 5.91 Å². The number of ether oxygens (including phenoxy) is 2. The molecule has 2 N–H and O–H groups in total. The van der Waals surface area contributed by atoms with Crippen molar-refractivity contribution in [2.75, 3.05) is 19.0 Å². The van der Waals surface area contributed by atoms with Gasteiger partial charge >= 0.3 is 6.09 Å². The van der Waals surface area contributed by atoms with Gasteiger partial charge in [0.25, 0.3) is 5.91 Å². The minimum atomic E-state index is -0.822. The van der Waals surface area contributed by atoms with E-state index in [0.717, 1.165) is 17.5 Å². The maximum atomic E-state index is 13.2. The fraction of sp³-hybridized carbons (Fsp3) is 0.276. The van der Waals surface area contributed by atoms with Crippen LogP contribution in [0.25, 0.3) is 0 Å². The zero-order valence-electron chi connectivity index (χ0n) is 21.2. The van der Waals surface area contributed by atoms with Crippen molar-refractivity contribution in [3.63, 3.8) is 0 Å². The third kappa shape index (κ3) is 6.09. The lowest BCUT2D eigenvalue weighted by Crippen LogP contribution is -2.46. The molecule has 0 unspecified atom stereocenters.